The summed E-state index contributed by atoms with van der Waals surface area (Å²) < 4.78 is 11.9. The molecule has 0 saturated carbocycles. The minimum atomic E-state index is -3.36. The number of hydrogen-bond donors (Lipinski definition) is 2. The number of carboxylic acids is 1. The Labute approximate surface area is 116 Å². The highest BCUT2D eigenvalue weighted by Gasteiger charge is 2.46. The van der Waals surface area contributed by atoms with Crippen molar-refractivity contribution < 1.29 is 19.4 Å². The smallest absolute Gasteiger partial charge is 0.324 e. The molecule has 0 radical (unpaired) electrons. The first-order chi connectivity index (χ1) is 9.57. The Balaban J connectivity index is 2.55. The van der Waals surface area contributed by atoms with Gasteiger partial charge in [0.15, 0.2) is 5.16 Å². The van der Waals surface area contributed by atoms with E-state index in [1.54, 1.807) is 48.7 Å². The standard InChI is InChI=1S/C14H14NO4P/c16-13(17)14(20(18)19,12-6-2-1-3-7-12)9-11-5-4-8-15-10-11/h1-8,10,20H,9H2,(H,16,17)(H,18,19). The maximum absolute atomic E-state index is 11.9. The van der Waals surface area contributed by atoms with Crippen molar-refractivity contribution in [3.63, 3.8) is 0 Å². The van der Waals surface area contributed by atoms with Gasteiger partial charge < -0.3 is 10.00 Å². The van der Waals surface area contributed by atoms with Crippen LogP contribution in [0.15, 0.2) is 54.9 Å². The highest BCUT2D eigenvalue weighted by atomic mass is 31.1. The van der Waals surface area contributed by atoms with Gasteiger partial charge in [0.1, 0.15) is 0 Å². The van der Waals surface area contributed by atoms with E-state index in [4.69, 9.17) is 0 Å². The van der Waals surface area contributed by atoms with E-state index in [-0.39, 0.29) is 6.42 Å². The van der Waals surface area contributed by atoms with Gasteiger partial charge in [-0.3, -0.25) is 14.3 Å². The Morgan fingerprint density at radius 1 is 1.20 bits per heavy atom. The first-order valence-corrected chi connectivity index (χ1v) is 7.34. The number of rotatable bonds is 5. The maximum atomic E-state index is 11.9. The third kappa shape index (κ3) is 2.64. The van der Waals surface area contributed by atoms with E-state index in [1.807, 2.05) is 0 Å². The molecule has 2 unspecified atom stereocenters. The summed E-state index contributed by atoms with van der Waals surface area (Å²) in [5, 5.41) is 7.73. The van der Waals surface area contributed by atoms with Crippen LogP contribution in [0.25, 0.3) is 0 Å². The van der Waals surface area contributed by atoms with Crippen LogP contribution >= 0.6 is 8.03 Å². The van der Waals surface area contributed by atoms with Gasteiger partial charge >= 0.3 is 5.97 Å². The van der Waals surface area contributed by atoms with Crippen molar-refractivity contribution in [2.45, 2.75) is 11.6 Å². The SMILES string of the molecule is O=C(O)C(Cc1cccnc1)(c1ccccc1)[PH](=O)O. The van der Waals surface area contributed by atoms with E-state index in [9.17, 15) is 19.4 Å². The summed E-state index contributed by atoms with van der Waals surface area (Å²) in [4.78, 5) is 25.3. The van der Waals surface area contributed by atoms with Crippen molar-refractivity contribution in [3.05, 3.63) is 66.0 Å². The fourth-order valence-electron chi connectivity index (χ4n) is 2.12. The largest absolute Gasteiger partial charge is 0.480 e. The lowest BCUT2D eigenvalue weighted by atomic mass is 9.91. The van der Waals surface area contributed by atoms with Gasteiger partial charge in [-0.1, -0.05) is 36.4 Å². The molecule has 1 aromatic carbocycles. The van der Waals surface area contributed by atoms with Gasteiger partial charge in [-0.2, -0.15) is 0 Å². The highest BCUT2D eigenvalue weighted by Crippen LogP contribution is 2.47. The van der Waals surface area contributed by atoms with Gasteiger partial charge in [0.05, 0.1) is 0 Å². The first kappa shape index (κ1) is 14.4. The fourth-order valence-corrected chi connectivity index (χ4v) is 3.08. The number of hydrogen-bond acceptors (Lipinski definition) is 3. The number of carboxylic acid groups (broad SMARTS) is 1. The lowest BCUT2D eigenvalue weighted by Gasteiger charge is -2.27. The second-order valence-corrected chi connectivity index (χ2v) is 5.88. The number of carbonyl (C=O) groups is 1. The lowest BCUT2D eigenvalue weighted by Crippen LogP contribution is -2.34. The predicted octanol–water partition coefficient (Wildman–Crippen LogP) is 2.07. The average Bonchev–Trinajstić information content (AvgIpc) is 2.46. The summed E-state index contributed by atoms with van der Waals surface area (Å²) >= 11 is 0. The molecule has 5 nitrogen and oxygen atoms in total. The van der Waals surface area contributed by atoms with Crippen LogP contribution in [0.5, 0.6) is 0 Å². The molecule has 0 amide bonds. The molecule has 6 heteroatoms. The molecular formula is C14H14NO4P. The Kier molecular flexibility index (Phi) is 4.32. The van der Waals surface area contributed by atoms with Crippen LogP contribution in [0, 0.1) is 0 Å². The van der Waals surface area contributed by atoms with E-state index in [2.05, 4.69) is 4.98 Å². The number of aliphatic carboxylic acids is 1. The van der Waals surface area contributed by atoms with Crippen LogP contribution in [0.1, 0.15) is 11.1 Å². The molecule has 2 aromatic rings. The van der Waals surface area contributed by atoms with Crippen molar-refractivity contribution >= 4 is 14.0 Å². The van der Waals surface area contributed by atoms with Crippen LogP contribution in [0.4, 0.5) is 0 Å². The summed E-state index contributed by atoms with van der Waals surface area (Å²) in [7, 11) is -3.36. The van der Waals surface area contributed by atoms with Crippen molar-refractivity contribution in [2.75, 3.05) is 0 Å². The monoisotopic (exact) mass is 291 g/mol. The second kappa shape index (κ2) is 5.99. The minimum absolute atomic E-state index is 0.0749. The van der Waals surface area contributed by atoms with Gasteiger partial charge in [-0.25, -0.2) is 0 Å². The molecule has 0 fully saturated rings. The van der Waals surface area contributed by atoms with Crippen molar-refractivity contribution in [3.8, 4) is 0 Å². The Morgan fingerprint density at radius 3 is 2.40 bits per heavy atom. The van der Waals surface area contributed by atoms with Crippen LogP contribution in [-0.2, 0) is 20.9 Å². The molecule has 0 aliphatic heterocycles. The molecule has 20 heavy (non-hydrogen) atoms. The lowest BCUT2D eigenvalue weighted by molar-refractivity contribution is -0.140. The highest BCUT2D eigenvalue weighted by molar-refractivity contribution is 7.41. The molecule has 1 heterocycles. The first-order valence-electron chi connectivity index (χ1n) is 5.98. The molecular weight excluding hydrogens is 277 g/mol. The Morgan fingerprint density at radius 2 is 1.90 bits per heavy atom. The maximum Gasteiger partial charge on any atom is 0.324 e. The van der Waals surface area contributed by atoms with E-state index >= 15 is 0 Å². The fraction of sp³-hybridized carbons (Fsp3) is 0.143. The zero-order chi connectivity index (χ0) is 14.6. The van der Waals surface area contributed by atoms with Crippen LogP contribution < -0.4 is 0 Å². The topological polar surface area (TPSA) is 87.5 Å². The van der Waals surface area contributed by atoms with Crippen LogP contribution in [-0.4, -0.2) is 21.0 Å². The van der Waals surface area contributed by atoms with E-state index < -0.39 is 19.2 Å². The summed E-state index contributed by atoms with van der Waals surface area (Å²) in [6, 6.07) is 11.5. The predicted molar refractivity (Wildman–Crippen MR) is 74.9 cm³/mol. The van der Waals surface area contributed by atoms with Gasteiger partial charge in [0.2, 0.25) is 8.03 Å². The molecule has 1 aromatic heterocycles. The number of benzene rings is 1. The molecule has 104 valence electrons. The van der Waals surface area contributed by atoms with Crippen molar-refractivity contribution in [1.29, 1.82) is 0 Å². The molecule has 0 spiro atoms. The van der Waals surface area contributed by atoms with E-state index in [0.29, 0.717) is 11.1 Å². The van der Waals surface area contributed by atoms with E-state index in [0.717, 1.165) is 0 Å². The molecule has 2 rings (SSSR count). The van der Waals surface area contributed by atoms with Crippen LogP contribution in [0.2, 0.25) is 0 Å². The zero-order valence-electron chi connectivity index (χ0n) is 10.6. The number of nitrogens with zero attached hydrogens (tertiary/aromatic N) is 1. The molecule has 0 aliphatic rings. The number of aromatic nitrogens is 1. The molecule has 0 bridgehead atoms. The third-order valence-electron chi connectivity index (χ3n) is 3.19. The van der Waals surface area contributed by atoms with Gasteiger partial charge in [-0.05, 0) is 17.2 Å². The summed E-state index contributed by atoms with van der Waals surface area (Å²) in [5.74, 6) is -1.31. The molecule has 2 atom stereocenters. The second-order valence-electron chi connectivity index (χ2n) is 4.42. The Hall–Kier alpha value is -1.97. The summed E-state index contributed by atoms with van der Waals surface area (Å²) in [6.45, 7) is 0. The molecule has 0 saturated heterocycles. The minimum Gasteiger partial charge on any atom is -0.480 e. The van der Waals surface area contributed by atoms with E-state index in [1.165, 1.54) is 6.20 Å². The molecule has 2 N–H and O–H groups in total. The quantitative estimate of drug-likeness (QED) is 0.823. The number of pyridine rings is 1. The third-order valence-corrected chi connectivity index (χ3v) is 4.60. The molecule has 0 aliphatic carbocycles. The average molecular weight is 291 g/mol. The Bertz CT molecular complexity index is 602. The van der Waals surface area contributed by atoms with Gasteiger partial charge in [-0.15, -0.1) is 0 Å². The summed E-state index contributed by atoms with van der Waals surface area (Å²) in [6.07, 6.45) is 3.00. The normalized spacial score (nSPS) is 15.2. The van der Waals surface area contributed by atoms with Crippen molar-refractivity contribution in [2.24, 2.45) is 0 Å². The van der Waals surface area contributed by atoms with Crippen LogP contribution in [0.3, 0.4) is 0 Å². The zero-order valence-corrected chi connectivity index (χ0v) is 11.6. The van der Waals surface area contributed by atoms with Gasteiger partial charge in [0.25, 0.3) is 0 Å². The van der Waals surface area contributed by atoms with Crippen molar-refractivity contribution in [1.82, 2.24) is 4.98 Å². The van der Waals surface area contributed by atoms with Gasteiger partial charge in [0, 0.05) is 18.8 Å². The summed E-state index contributed by atoms with van der Waals surface area (Å²) in [5.41, 5.74) is 0.925.